The zero-order valence-corrected chi connectivity index (χ0v) is 11.4. The zero-order valence-electron chi connectivity index (χ0n) is 9.77. The molecule has 0 atom stereocenters. The number of aryl methyl sites for hydroxylation is 1. The van der Waals surface area contributed by atoms with Crippen molar-refractivity contribution in [2.75, 3.05) is 11.1 Å². The lowest BCUT2D eigenvalue weighted by Crippen LogP contribution is -2.15. The number of halogens is 1. The predicted molar refractivity (Wildman–Crippen MR) is 75.5 cm³/mol. The maximum Gasteiger partial charge on any atom is 0.258 e. The van der Waals surface area contributed by atoms with Crippen molar-refractivity contribution in [1.29, 1.82) is 0 Å². The molecule has 1 aromatic heterocycles. The molecule has 0 aliphatic heterocycles. The molecular weight excluding hydrogens is 294 g/mol. The molecule has 92 valence electrons. The van der Waals surface area contributed by atoms with E-state index in [4.69, 9.17) is 5.73 Å². The van der Waals surface area contributed by atoms with Crippen LogP contribution in [-0.4, -0.2) is 10.9 Å². The molecule has 0 radical (unpaired) electrons. The highest BCUT2D eigenvalue weighted by Crippen LogP contribution is 2.18. The summed E-state index contributed by atoms with van der Waals surface area (Å²) in [4.78, 5) is 16.2. The lowest BCUT2D eigenvalue weighted by molar-refractivity contribution is 0.102. The maximum atomic E-state index is 12.1. The molecule has 2 aromatic rings. The third kappa shape index (κ3) is 2.68. The molecule has 0 saturated carbocycles. The summed E-state index contributed by atoms with van der Waals surface area (Å²) in [6.45, 7) is 1.85. The number of hydrogen-bond acceptors (Lipinski definition) is 3. The molecule has 4 nitrogen and oxygen atoms in total. The van der Waals surface area contributed by atoms with E-state index >= 15 is 0 Å². The fourth-order valence-electron chi connectivity index (χ4n) is 1.64. The molecule has 0 spiro atoms. The second-order valence-electron chi connectivity index (χ2n) is 3.86. The number of nitrogen functional groups attached to an aromatic ring is 1. The third-order valence-electron chi connectivity index (χ3n) is 2.52. The van der Waals surface area contributed by atoms with E-state index in [9.17, 15) is 4.79 Å². The van der Waals surface area contributed by atoms with Gasteiger partial charge in [-0.05, 0) is 46.6 Å². The molecule has 0 aliphatic carbocycles. The van der Waals surface area contributed by atoms with Crippen LogP contribution in [0.2, 0.25) is 0 Å². The summed E-state index contributed by atoms with van der Waals surface area (Å²) >= 11 is 3.24. The van der Waals surface area contributed by atoms with Crippen LogP contribution < -0.4 is 11.1 Å². The van der Waals surface area contributed by atoms with Crippen molar-refractivity contribution in [3.8, 4) is 0 Å². The van der Waals surface area contributed by atoms with E-state index < -0.39 is 0 Å². The molecule has 18 heavy (non-hydrogen) atoms. The number of nitrogens with zero attached hydrogens (tertiary/aromatic N) is 1. The van der Waals surface area contributed by atoms with Crippen LogP contribution in [0, 0.1) is 6.92 Å². The maximum absolute atomic E-state index is 12.1. The molecule has 0 saturated heterocycles. The van der Waals surface area contributed by atoms with E-state index in [1.807, 2.05) is 19.1 Å². The quantitative estimate of drug-likeness (QED) is 0.662. The van der Waals surface area contributed by atoms with Gasteiger partial charge < -0.3 is 11.1 Å². The Hall–Kier alpha value is -1.88. The molecule has 3 N–H and O–H groups in total. The van der Waals surface area contributed by atoms with Crippen molar-refractivity contribution < 1.29 is 4.79 Å². The number of aromatic nitrogens is 1. The van der Waals surface area contributed by atoms with Crippen LogP contribution in [-0.2, 0) is 0 Å². The minimum absolute atomic E-state index is 0.227. The number of hydrogen-bond donors (Lipinski definition) is 2. The smallest absolute Gasteiger partial charge is 0.258 e. The molecule has 1 amide bonds. The van der Waals surface area contributed by atoms with Gasteiger partial charge in [0.05, 0.1) is 17.4 Å². The Morgan fingerprint density at radius 2 is 2.11 bits per heavy atom. The van der Waals surface area contributed by atoms with Crippen molar-refractivity contribution in [3.63, 3.8) is 0 Å². The van der Waals surface area contributed by atoms with Gasteiger partial charge in [0, 0.05) is 5.69 Å². The minimum Gasteiger partial charge on any atom is -0.398 e. The van der Waals surface area contributed by atoms with Crippen LogP contribution in [0.15, 0.2) is 41.1 Å². The Morgan fingerprint density at radius 1 is 1.33 bits per heavy atom. The fourth-order valence-corrected chi connectivity index (χ4v) is 1.88. The molecule has 5 heteroatoms. The van der Waals surface area contributed by atoms with Gasteiger partial charge in [-0.1, -0.05) is 12.1 Å². The molecule has 0 bridgehead atoms. The largest absolute Gasteiger partial charge is 0.398 e. The Labute approximate surface area is 113 Å². The van der Waals surface area contributed by atoms with Crippen LogP contribution in [0.5, 0.6) is 0 Å². The number of pyridine rings is 1. The van der Waals surface area contributed by atoms with Gasteiger partial charge in [0.15, 0.2) is 0 Å². The highest BCUT2D eigenvalue weighted by Gasteiger charge is 2.12. The van der Waals surface area contributed by atoms with Crippen molar-refractivity contribution >= 4 is 33.2 Å². The number of rotatable bonds is 2. The lowest BCUT2D eigenvalue weighted by Gasteiger charge is -2.09. The Bertz CT molecular complexity index is 561. The Balaban J connectivity index is 2.25. The molecule has 1 heterocycles. The summed E-state index contributed by atoms with van der Waals surface area (Å²) < 4.78 is 0.718. The van der Waals surface area contributed by atoms with Gasteiger partial charge in [0.1, 0.15) is 4.60 Å². The van der Waals surface area contributed by atoms with Crippen molar-refractivity contribution in [2.24, 2.45) is 0 Å². The highest BCUT2D eigenvalue weighted by molar-refractivity contribution is 9.10. The number of carbonyl (C=O) groups excluding carboxylic acids is 1. The first-order valence-corrected chi connectivity index (χ1v) is 6.15. The molecule has 0 fully saturated rings. The summed E-state index contributed by atoms with van der Waals surface area (Å²) in [5, 5.41) is 2.76. The second kappa shape index (κ2) is 5.18. The summed E-state index contributed by atoms with van der Waals surface area (Å²) in [6, 6.07) is 8.91. The van der Waals surface area contributed by atoms with Gasteiger partial charge in [-0.3, -0.25) is 4.79 Å². The number of amides is 1. The van der Waals surface area contributed by atoms with Crippen molar-refractivity contribution in [1.82, 2.24) is 4.98 Å². The van der Waals surface area contributed by atoms with Crippen LogP contribution in [0.1, 0.15) is 15.9 Å². The van der Waals surface area contributed by atoms with E-state index in [1.165, 1.54) is 0 Å². The van der Waals surface area contributed by atoms with E-state index in [2.05, 4.69) is 26.2 Å². The summed E-state index contributed by atoms with van der Waals surface area (Å²) in [6.07, 6.45) is 1.58. The third-order valence-corrected chi connectivity index (χ3v) is 2.99. The zero-order chi connectivity index (χ0) is 13.1. The van der Waals surface area contributed by atoms with E-state index in [0.717, 1.165) is 10.2 Å². The number of benzene rings is 1. The first-order chi connectivity index (χ1) is 8.58. The number of nitrogens with one attached hydrogen (secondary N) is 1. The average molecular weight is 306 g/mol. The molecule has 0 unspecified atom stereocenters. The topological polar surface area (TPSA) is 68.0 Å². The summed E-state index contributed by atoms with van der Waals surface area (Å²) in [7, 11) is 0. The lowest BCUT2D eigenvalue weighted by atomic mass is 10.1. The van der Waals surface area contributed by atoms with Gasteiger partial charge in [-0.2, -0.15) is 0 Å². The van der Waals surface area contributed by atoms with Crippen molar-refractivity contribution in [2.45, 2.75) is 6.92 Å². The first-order valence-electron chi connectivity index (χ1n) is 5.36. The normalized spacial score (nSPS) is 10.1. The van der Waals surface area contributed by atoms with Crippen LogP contribution in [0.4, 0.5) is 11.4 Å². The number of anilines is 2. The van der Waals surface area contributed by atoms with Gasteiger partial charge in [-0.15, -0.1) is 0 Å². The molecule has 0 aliphatic rings. The van der Waals surface area contributed by atoms with Crippen LogP contribution in [0.25, 0.3) is 0 Å². The summed E-state index contributed by atoms with van der Waals surface area (Å²) in [5.74, 6) is -0.227. The predicted octanol–water partition coefficient (Wildman–Crippen LogP) is 2.99. The fraction of sp³-hybridized carbons (Fsp3) is 0.0769. The van der Waals surface area contributed by atoms with E-state index in [-0.39, 0.29) is 5.91 Å². The second-order valence-corrected chi connectivity index (χ2v) is 4.68. The molecular formula is C13H12BrN3O. The Kier molecular flexibility index (Phi) is 3.62. The van der Waals surface area contributed by atoms with Gasteiger partial charge in [0.2, 0.25) is 0 Å². The molecule has 1 aromatic carbocycles. The highest BCUT2D eigenvalue weighted by atomic mass is 79.9. The van der Waals surface area contributed by atoms with Crippen molar-refractivity contribution in [3.05, 3.63) is 52.3 Å². The van der Waals surface area contributed by atoms with E-state index in [0.29, 0.717) is 16.9 Å². The summed E-state index contributed by atoms with van der Waals surface area (Å²) in [5.41, 5.74) is 8.26. The van der Waals surface area contributed by atoms with Crippen LogP contribution in [0.3, 0.4) is 0 Å². The Morgan fingerprint density at radius 3 is 2.72 bits per heavy atom. The van der Waals surface area contributed by atoms with Gasteiger partial charge >= 0.3 is 0 Å². The number of carbonyl (C=O) groups is 1. The first kappa shape index (κ1) is 12.6. The SMILES string of the molecule is Cc1cccc(N)c1C(=O)Nc1ccc(Br)nc1. The minimum atomic E-state index is -0.227. The average Bonchev–Trinajstić information content (AvgIpc) is 2.32. The monoisotopic (exact) mass is 305 g/mol. The van der Waals surface area contributed by atoms with E-state index in [1.54, 1.807) is 24.4 Å². The van der Waals surface area contributed by atoms with Crippen LogP contribution >= 0.6 is 15.9 Å². The molecule has 2 rings (SSSR count). The number of nitrogens with two attached hydrogens (primary N) is 1. The van der Waals surface area contributed by atoms with Gasteiger partial charge in [0.25, 0.3) is 5.91 Å². The standard InChI is InChI=1S/C13H12BrN3O/c1-8-3-2-4-10(15)12(8)13(18)17-9-5-6-11(14)16-7-9/h2-7H,15H2,1H3,(H,17,18). The van der Waals surface area contributed by atoms with Gasteiger partial charge in [-0.25, -0.2) is 4.98 Å².